The molecule has 0 spiro atoms. The minimum absolute atomic E-state index is 0.0121. The molecule has 1 N–H and O–H groups in total. The molecule has 0 radical (unpaired) electrons. The van der Waals surface area contributed by atoms with Gasteiger partial charge in [0.1, 0.15) is 10.3 Å². The van der Waals surface area contributed by atoms with Crippen LogP contribution in [-0.2, 0) is 4.79 Å². The summed E-state index contributed by atoms with van der Waals surface area (Å²) in [4.78, 5) is 26.0. The topological polar surface area (TPSA) is 63.2 Å². The van der Waals surface area contributed by atoms with E-state index in [-0.39, 0.29) is 37.6 Å². The summed E-state index contributed by atoms with van der Waals surface area (Å²) in [6, 6.07) is 6.43. The molecule has 4 heterocycles. The summed E-state index contributed by atoms with van der Waals surface area (Å²) in [7, 11) is 0. The number of carbonyl (C=O) groups is 2. The van der Waals surface area contributed by atoms with Crippen LogP contribution in [0.25, 0.3) is 22.7 Å². The zero-order chi connectivity index (χ0) is 19.2. The van der Waals surface area contributed by atoms with Gasteiger partial charge in [0.15, 0.2) is 5.78 Å². The Morgan fingerprint density at radius 3 is 2.30 bits per heavy atom. The highest BCUT2D eigenvalue weighted by Gasteiger charge is 2.33. The molecule has 27 heavy (non-hydrogen) atoms. The fourth-order valence-electron chi connectivity index (χ4n) is 3.55. The zero-order valence-corrected chi connectivity index (χ0v) is 16.1. The number of ketones is 2. The molecule has 4 aromatic heterocycles. The van der Waals surface area contributed by atoms with Crippen molar-refractivity contribution < 1.29 is 14.7 Å². The van der Waals surface area contributed by atoms with Crippen molar-refractivity contribution in [2.75, 3.05) is 0 Å². The Hall–Kier alpha value is -2.18. The van der Waals surface area contributed by atoms with E-state index in [1.165, 1.54) is 20.9 Å². The standard InChI is InChI=1S/C18H6Cl4N2O3/c19-8-3-6-1-2-10(23(6)16(8)21)14-12(25)4-7-11-5-9(20)17(22)24(11)18(27)13(7)15(14)26/h1-5,27H/b14-10+. The number of hydrogen-bond donors (Lipinski definition) is 1. The molecule has 0 aromatic carbocycles. The molecule has 0 unspecified atom stereocenters. The van der Waals surface area contributed by atoms with Crippen LogP contribution in [0.1, 0.15) is 10.4 Å². The van der Waals surface area contributed by atoms with Gasteiger partial charge in [0, 0.05) is 10.7 Å². The fraction of sp³-hybridized carbons (Fsp3) is 0. The van der Waals surface area contributed by atoms with Gasteiger partial charge in [-0.25, -0.2) is 0 Å². The van der Waals surface area contributed by atoms with Gasteiger partial charge in [-0.3, -0.25) is 18.4 Å². The van der Waals surface area contributed by atoms with Crippen molar-refractivity contribution in [2.45, 2.75) is 0 Å². The van der Waals surface area contributed by atoms with Crippen LogP contribution in [0.3, 0.4) is 0 Å². The fourth-order valence-corrected chi connectivity index (χ4v) is 4.40. The molecular weight excluding hydrogens is 434 g/mol. The van der Waals surface area contributed by atoms with E-state index in [0.717, 1.165) is 0 Å². The van der Waals surface area contributed by atoms with E-state index in [4.69, 9.17) is 46.4 Å². The molecule has 0 atom stereocenters. The Morgan fingerprint density at radius 2 is 1.56 bits per heavy atom. The Morgan fingerprint density at radius 1 is 0.889 bits per heavy atom. The molecule has 9 heteroatoms. The number of halogens is 4. The maximum atomic E-state index is 13.2. The third-order valence-electron chi connectivity index (χ3n) is 4.69. The van der Waals surface area contributed by atoms with E-state index in [1.54, 1.807) is 18.2 Å². The number of fused-ring (bicyclic) bond motifs is 4. The molecule has 0 bridgehead atoms. The summed E-state index contributed by atoms with van der Waals surface area (Å²) in [5, 5.41) is 11.9. The van der Waals surface area contributed by atoms with Crippen molar-refractivity contribution in [3.05, 3.63) is 60.7 Å². The Bertz CT molecular complexity index is 1460. The van der Waals surface area contributed by atoms with Gasteiger partial charge in [-0.2, -0.15) is 0 Å². The number of aromatic hydroxyl groups is 1. The largest absolute Gasteiger partial charge is 0.494 e. The monoisotopic (exact) mass is 438 g/mol. The van der Waals surface area contributed by atoms with E-state index >= 15 is 0 Å². The summed E-state index contributed by atoms with van der Waals surface area (Å²) >= 11 is 24.4. The Kier molecular flexibility index (Phi) is 3.41. The number of hydrogen-bond acceptors (Lipinski definition) is 3. The van der Waals surface area contributed by atoms with E-state index in [0.29, 0.717) is 21.4 Å². The number of Topliss-reactive ketones (excluding diaryl/α,β-unsaturated/α-hetero) is 2. The lowest BCUT2D eigenvalue weighted by Gasteiger charge is -2.08. The minimum Gasteiger partial charge on any atom is -0.494 e. The first-order chi connectivity index (χ1) is 12.8. The molecule has 1 aliphatic rings. The summed E-state index contributed by atoms with van der Waals surface area (Å²) in [5.74, 6) is -1.51. The van der Waals surface area contributed by atoms with Crippen LogP contribution in [0.2, 0.25) is 20.4 Å². The molecule has 0 saturated carbocycles. The van der Waals surface area contributed by atoms with Crippen LogP contribution in [0.4, 0.5) is 0 Å². The van der Waals surface area contributed by atoms with Gasteiger partial charge in [0.25, 0.3) is 0 Å². The lowest BCUT2D eigenvalue weighted by molar-refractivity contribution is -0.108. The van der Waals surface area contributed by atoms with Crippen molar-refractivity contribution in [1.82, 2.24) is 8.80 Å². The van der Waals surface area contributed by atoms with Gasteiger partial charge in [-0.15, -0.1) is 0 Å². The zero-order valence-electron chi connectivity index (χ0n) is 13.1. The van der Waals surface area contributed by atoms with Crippen LogP contribution in [0, 0.1) is 0 Å². The van der Waals surface area contributed by atoms with Crippen LogP contribution < -0.4 is 10.6 Å². The summed E-state index contributed by atoms with van der Waals surface area (Å²) < 4.78 is 2.75. The summed E-state index contributed by atoms with van der Waals surface area (Å²) in [5.41, 5.74) is 0.904. The second kappa shape index (κ2) is 5.42. The molecule has 5 rings (SSSR count). The van der Waals surface area contributed by atoms with Crippen LogP contribution in [-0.4, -0.2) is 25.5 Å². The normalized spacial score (nSPS) is 16.4. The first-order valence-electron chi connectivity index (χ1n) is 7.62. The molecule has 4 aromatic rings. The first kappa shape index (κ1) is 17.0. The molecular formula is C18H6Cl4N2O3. The van der Waals surface area contributed by atoms with Crippen molar-refractivity contribution in [3.8, 4) is 5.88 Å². The highest BCUT2D eigenvalue weighted by atomic mass is 35.5. The van der Waals surface area contributed by atoms with Crippen molar-refractivity contribution in [1.29, 1.82) is 0 Å². The lowest BCUT2D eigenvalue weighted by Crippen LogP contribution is -2.30. The van der Waals surface area contributed by atoms with Crippen molar-refractivity contribution >= 4 is 80.7 Å². The van der Waals surface area contributed by atoms with Gasteiger partial charge in [-0.05, 0) is 30.3 Å². The van der Waals surface area contributed by atoms with E-state index < -0.39 is 11.6 Å². The maximum Gasteiger partial charge on any atom is 0.209 e. The number of carbonyl (C=O) groups excluding carboxylic acids is 2. The summed E-state index contributed by atoms with van der Waals surface area (Å²) in [6.45, 7) is 0. The summed E-state index contributed by atoms with van der Waals surface area (Å²) in [6.07, 6.45) is 1.28. The van der Waals surface area contributed by atoms with Crippen LogP contribution in [0.15, 0.2) is 24.3 Å². The molecule has 0 amide bonds. The molecule has 5 nitrogen and oxygen atoms in total. The van der Waals surface area contributed by atoms with E-state index in [2.05, 4.69) is 0 Å². The highest BCUT2D eigenvalue weighted by molar-refractivity contribution is 6.55. The van der Waals surface area contributed by atoms with Gasteiger partial charge < -0.3 is 5.11 Å². The molecule has 0 saturated heterocycles. The van der Waals surface area contributed by atoms with Gasteiger partial charge in [0.2, 0.25) is 11.7 Å². The molecule has 0 aliphatic heterocycles. The highest BCUT2D eigenvalue weighted by Crippen LogP contribution is 2.34. The molecule has 1 aliphatic carbocycles. The average Bonchev–Trinajstić information content (AvgIpc) is 3.29. The van der Waals surface area contributed by atoms with E-state index in [9.17, 15) is 14.7 Å². The van der Waals surface area contributed by atoms with Gasteiger partial charge in [0.05, 0.1) is 32.0 Å². The van der Waals surface area contributed by atoms with Crippen LogP contribution >= 0.6 is 46.4 Å². The second-order valence-electron chi connectivity index (χ2n) is 6.09. The predicted molar refractivity (Wildman–Crippen MR) is 104 cm³/mol. The molecule has 0 fully saturated rings. The number of aromatic nitrogens is 2. The Balaban J connectivity index is 1.93. The molecule has 134 valence electrons. The number of nitrogens with zero attached hydrogens (tertiary/aromatic N) is 2. The van der Waals surface area contributed by atoms with Gasteiger partial charge in [-0.1, -0.05) is 46.4 Å². The average molecular weight is 440 g/mol. The SMILES string of the molecule is O=C1C=c2c(c(O)n3c(Cl)c(Cl)cc23)C(=O)/C1=c1\ccc2cc(Cl)c(Cl)n12. The first-order valence-corrected chi connectivity index (χ1v) is 9.13. The predicted octanol–water partition coefficient (Wildman–Crippen LogP) is 3.35. The second-order valence-corrected chi connectivity index (χ2v) is 7.62. The van der Waals surface area contributed by atoms with Crippen LogP contribution in [0.5, 0.6) is 5.88 Å². The minimum atomic E-state index is -0.626. The van der Waals surface area contributed by atoms with Gasteiger partial charge >= 0.3 is 0 Å². The smallest absolute Gasteiger partial charge is 0.209 e. The third-order valence-corrected chi connectivity index (χ3v) is 6.20. The maximum absolute atomic E-state index is 13.2. The van der Waals surface area contributed by atoms with E-state index in [1.807, 2.05) is 0 Å². The third kappa shape index (κ3) is 2.03. The van der Waals surface area contributed by atoms with Crippen molar-refractivity contribution in [2.24, 2.45) is 0 Å². The Labute approximate surface area is 170 Å². The lowest BCUT2D eigenvalue weighted by atomic mass is 9.93. The quantitative estimate of drug-likeness (QED) is 0.457. The van der Waals surface area contributed by atoms with Crippen molar-refractivity contribution in [3.63, 3.8) is 0 Å². The number of rotatable bonds is 0.